The second kappa shape index (κ2) is 8.30. The molecule has 0 heterocycles. The van der Waals surface area contributed by atoms with E-state index in [-0.39, 0.29) is 5.91 Å². The molecule has 0 aliphatic carbocycles. The molecule has 0 radical (unpaired) electrons. The highest BCUT2D eigenvalue weighted by atomic mass is 32.2. The number of hydrogen-bond acceptors (Lipinski definition) is 5. The standard InChI is InChI=1S/C19H24N2O5S/c1-20(13-14-10-11-17(25-3)18(12-14)26-4)19(22)15-8-6-7-9-16(15)21(2)27(5,23)24/h6-12H,13H2,1-5H3. The summed E-state index contributed by atoms with van der Waals surface area (Å²) in [4.78, 5) is 14.5. The van der Waals surface area contributed by atoms with Gasteiger partial charge in [-0.15, -0.1) is 0 Å². The number of methoxy groups -OCH3 is 2. The van der Waals surface area contributed by atoms with E-state index in [1.54, 1.807) is 57.7 Å². The van der Waals surface area contributed by atoms with Crippen molar-refractivity contribution in [1.29, 1.82) is 0 Å². The maximum atomic E-state index is 12.9. The van der Waals surface area contributed by atoms with Crippen molar-refractivity contribution < 1.29 is 22.7 Å². The molecule has 2 aromatic carbocycles. The maximum Gasteiger partial charge on any atom is 0.256 e. The molecule has 0 aromatic heterocycles. The summed E-state index contributed by atoms with van der Waals surface area (Å²) in [5.74, 6) is 0.902. The van der Waals surface area contributed by atoms with Gasteiger partial charge in [-0.3, -0.25) is 9.10 Å². The van der Waals surface area contributed by atoms with Gasteiger partial charge in [-0.2, -0.15) is 0 Å². The average molecular weight is 392 g/mol. The predicted molar refractivity (Wildman–Crippen MR) is 105 cm³/mol. The molecule has 27 heavy (non-hydrogen) atoms. The minimum absolute atomic E-state index is 0.282. The summed E-state index contributed by atoms with van der Waals surface area (Å²) in [6.45, 7) is 0.329. The number of rotatable bonds is 7. The molecule has 0 aliphatic rings. The van der Waals surface area contributed by atoms with E-state index in [9.17, 15) is 13.2 Å². The molecule has 0 saturated heterocycles. The Kier molecular flexibility index (Phi) is 6.32. The number of para-hydroxylation sites is 1. The van der Waals surface area contributed by atoms with Crippen LogP contribution in [0.1, 0.15) is 15.9 Å². The lowest BCUT2D eigenvalue weighted by molar-refractivity contribution is 0.0786. The third kappa shape index (κ3) is 4.71. The Morgan fingerprint density at radius 3 is 2.22 bits per heavy atom. The van der Waals surface area contributed by atoms with Crippen molar-refractivity contribution in [2.75, 3.05) is 38.9 Å². The first-order valence-electron chi connectivity index (χ1n) is 8.18. The van der Waals surface area contributed by atoms with E-state index in [1.165, 1.54) is 11.9 Å². The predicted octanol–water partition coefficient (Wildman–Crippen LogP) is 2.37. The van der Waals surface area contributed by atoms with Crippen molar-refractivity contribution >= 4 is 21.6 Å². The fourth-order valence-electron chi connectivity index (χ4n) is 2.64. The van der Waals surface area contributed by atoms with Crippen LogP contribution >= 0.6 is 0 Å². The Bertz CT molecular complexity index is 927. The fourth-order valence-corrected chi connectivity index (χ4v) is 3.15. The lowest BCUT2D eigenvalue weighted by Crippen LogP contribution is -2.31. The van der Waals surface area contributed by atoms with Crippen LogP contribution in [-0.4, -0.2) is 53.8 Å². The maximum absolute atomic E-state index is 12.9. The number of nitrogens with zero attached hydrogens (tertiary/aromatic N) is 2. The number of benzene rings is 2. The van der Waals surface area contributed by atoms with Crippen molar-refractivity contribution in [3.8, 4) is 11.5 Å². The summed E-state index contributed by atoms with van der Waals surface area (Å²) in [7, 11) is 2.72. The summed E-state index contributed by atoms with van der Waals surface area (Å²) in [5, 5.41) is 0. The van der Waals surface area contributed by atoms with Crippen LogP contribution in [0, 0.1) is 0 Å². The quantitative estimate of drug-likeness (QED) is 0.723. The Morgan fingerprint density at radius 1 is 1.00 bits per heavy atom. The van der Waals surface area contributed by atoms with Crippen molar-refractivity contribution in [3.63, 3.8) is 0 Å². The van der Waals surface area contributed by atoms with Crippen LogP contribution in [0.2, 0.25) is 0 Å². The Morgan fingerprint density at radius 2 is 1.63 bits per heavy atom. The van der Waals surface area contributed by atoms with E-state index < -0.39 is 10.0 Å². The molecule has 2 rings (SSSR count). The number of carbonyl (C=O) groups excluding carboxylic acids is 1. The number of sulfonamides is 1. The first kappa shape index (κ1) is 20.6. The smallest absolute Gasteiger partial charge is 0.256 e. The highest BCUT2D eigenvalue weighted by Crippen LogP contribution is 2.28. The second-order valence-electron chi connectivity index (χ2n) is 6.10. The molecular formula is C19H24N2O5S. The van der Waals surface area contributed by atoms with Gasteiger partial charge in [0.2, 0.25) is 10.0 Å². The first-order valence-corrected chi connectivity index (χ1v) is 10.0. The van der Waals surface area contributed by atoms with Crippen molar-refractivity contribution in [2.24, 2.45) is 0 Å². The molecule has 1 amide bonds. The van der Waals surface area contributed by atoms with Crippen molar-refractivity contribution in [2.45, 2.75) is 6.54 Å². The van der Waals surface area contributed by atoms with E-state index in [0.717, 1.165) is 16.1 Å². The fraction of sp³-hybridized carbons (Fsp3) is 0.316. The molecule has 0 unspecified atom stereocenters. The highest BCUT2D eigenvalue weighted by Gasteiger charge is 2.22. The van der Waals surface area contributed by atoms with Crippen LogP contribution in [-0.2, 0) is 16.6 Å². The molecule has 0 saturated carbocycles. The molecule has 8 heteroatoms. The van der Waals surface area contributed by atoms with Gasteiger partial charge in [0.1, 0.15) is 0 Å². The van der Waals surface area contributed by atoms with Crippen LogP contribution in [0.5, 0.6) is 11.5 Å². The Balaban J connectivity index is 2.29. The van der Waals surface area contributed by atoms with Gasteiger partial charge in [-0.05, 0) is 29.8 Å². The third-order valence-corrected chi connectivity index (χ3v) is 5.38. The van der Waals surface area contributed by atoms with Crippen molar-refractivity contribution in [1.82, 2.24) is 4.90 Å². The zero-order valence-electron chi connectivity index (χ0n) is 16.1. The van der Waals surface area contributed by atoms with E-state index in [4.69, 9.17) is 9.47 Å². The minimum atomic E-state index is -3.48. The Hall–Kier alpha value is -2.74. The molecule has 0 aliphatic heterocycles. The molecule has 146 valence electrons. The van der Waals surface area contributed by atoms with Gasteiger partial charge in [0.25, 0.3) is 5.91 Å². The van der Waals surface area contributed by atoms with Gasteiger partial charge in [-0.25, -0.2) is 8.42 Å². The Labute approximate surface area is 160 Å². The molecule has 2 aromatic rings. The van der Waals surface area contributed by atoms with Crippen molar-refractivity contribution in [3.05, 3.63) is 53.6 Å². The van der Waals surface area contributed by atoms with Gasteiger partial charge in [0.15, 0.2) is 11.5 Å². The zero-order valence-corrected chi connectivity index (χ0v) is 16.9. The van der Waals surface area contributed by atoms with E-state index in [0.29, 0.717) is 29.3 Å². The molecule has 0 spiro atoms. The first-order chi connectivity index (χ1) is 12.7. The van der Waals surface area contributed by atoms with Gasteiger partial charge < -0.3 is 14.4 Å². The second-order valence-corrected chi connectivity index (χ2v) is 8.11. The van der Waals surface area contributed by atoms with Gasteiger partial charge in [0, 0.05) is 20.6 Å². The number of hydrogen-bond donors (Lipinski definition) is 0. The summed E-state index contributed by atoms with van der Waals surface area (Å²) in [6, 6.07) is 12.1. The molecule has 0 bridgehead atoms. The molecule has 7 nitrogen and oxygen atoms in total. The van der Waals surface area contributed by atoms with Crippen LogP contribution in [0.3, 0.4) is 0 Å². The summed E-state index contributed by atoms with van der Waals surface area (Å²) in [6.07, 6.45) is 1.10. The van der Waals surface area contributed by atoms with E-state index in [2.05, 4.69) is 0 Å². The molecular weight excluding hydrogens is 368 g/mol. The highest BCUT2D eigenvalue weighted by molar-refractivity contribution is 7.92. The average Bonchev–Trinajstić information content (AvgIpc) is 2.65. The number of amides is 1. The summed E-state index contributed by atoms with van der Waals surface area (Å²) in [5.41, 5.74) is 1.51. The number of anilines is 1. The largest absolute Gasteiger partial charge is 0.493 e. The number of ether oxygens (including phenoxy) is 2. The van der Waals surface area contributed by atoms with Crippen LogP contribution in [0.4, 0.5) is 5.69 Å². The van der Waals surface area contributed by atoms with Gasteiger partial charge >= 0.3 is 0 Å². The van der Waals surface area contributed by atoms with Crippen LogP contribution in [0.15, 0.2) is 42.5 Å². The van der Waals surface area contributed by atoms with Crippen LogP contribution < -0.4 is 13.8 Å². The topological polar surface area (TPSA) is 76.2 Å². The molecule has 0 N–H and O–H groups in total. The third-order valence-electron chi connectivity index (χ3n) is 4.19. The summed E-state index contributed by atoms with van der Waals surface area (Å²) < 4.78 is 35.4. The van der Waals surface area contributed by atoms with Crippen LogP contribution in [0.25, 0.3) is 0 Å². The molecule has 0 fully saturated rings. The summed E-state index contributed by atoms with van der Waals surface area (Å²) >= 11 is 0. The lowest BCUT2D eigenvalue weighted by Gasteiger charge is -2.23. The normalized spacial score (nSPS) is 11.0. The number of carbonyl (C=O) groups is 1. The minimum Gasteiger partial charge on any atom is -0.493 e. The van der Waals surface area contributed by atoms with Gasteiger partial charge in [0.05, 0.1) is 31.7 Å². The molecule has 0 atom stereocenters. The van der Waals surface area contributed by atoms with E-state index in [1.807, 2.05) is 6.07 Å². The SMILES string of the molecule is COc1ccc(CN(C)C(=O)c2ccccc2N(C)S(C)(=O)=O)cc1OC. The zero-order chi connectivity index (χ0) is 20.2. The van der Waals surface area contributed by atoms with Gasteiger partial charge in [-0.1, -0.05) is 18.2 Å². The lowest BCUT2D eigenvalue weighted by atomic mass is 10.1. The van der Waals surface area contributed by atoms with E-state index >= 15 is 0 Å². The monoisotopic (exact) mass is 392 g/mol.